The third-order valence-electron chi connectivity index (χ3n) is 4.35. The van der Waals surface area contributed by atoms with Crippen molar-refractivity contribution in [2.75, 3.05) is 0 Å². The van der Waals surface area contributed by atoms with Crippen LogP contribution in [0.25, 0.3) is 0 Å². The van der Waals surface area contributed by atoms with Crippen LogP contribution in [0, 0.1) is 6.92 Å². The quantitative estimate of drug-likeness (QED) is 0.942. The molecule has 0 aliphatic carbocycles. The van der Waals surface area contributed by atoms with Crippen LogP contribution in [0.3, 0.4) is 0 Å². The minimum absolute atomic E-state index is 0.0630. The zero-order valence-corrected chi connectivity index (χ0v) is 14.2. The number of fused-ring (bicyclic) bond motifs is 1. The third kappa shape index (κ3) is 3.29. The third-order valence-corrected chi connectivity index (χ3v) is 5.37. The van der Waals surface area contributed by atoms with Crippen molar-refractivity contribution < 1.29 is 9.59 Å². The van der Waals surface area contributed by atoms with Crippen LogP contribution in [0.2, 0.25) is 0 Å². The van der Waals surface area contributed by atoms with Gasteiger partial charge in [0.15, 0.2) is 0 Å². The molecule has 0 spiro atoms. The molecule has 1 atom stereocenters. The number of aryl methyl sites for hydroxylation is 1. The molecule has 1 aliphatic heterocycles. The number of benzene rings is 1. The molecule has 3 rings (SSSR count). The summed E-state index contributed by atoms with van der Waals surface area (Å²) in [5.41, 5.74) is 3.46. The van der Waals surface area contributed by atoms with Crippen LogP contribution < -0.4 is 5.32 Å². The van der Waals surface area contributed by atoms with Gasteiger partial charge in [0.1, 0.15) is 6.04 Å². The van der Waals surface area contributed by atoms with E-state index in [0.29, 0.717) is 19.5 Å². The molecular formula is C18H20N2O2S. The molecule has 1 aromatic carbocycles. The minimum atomic E-state index is -0.428. The van der Waals surface area contributed by atoms with Gasteiger partial charge in [-0.05, 0) is 35.1 Å². The Kier molecular flexibility index (Phi) is 4.48. The van der Waals surface area contributed by atoms with Crippen molar-refractivity contribution in [1.29, 1.82) is 0 Å². The molecule has 1 aliphatic rings. The summed E-state index contributed by atoms with van der Waals surface area (Å²) in [5, 5.41) is 5.01. The van der Waals surface area contributed by atoms with Crippen LogP contribution in [0.1, 0.15) is 28.5 Å². The number of nitrogens with zero attached hydrogens (tertiary/aromatic N) is 1. The van der Waals surface area contributed by atoms with Gasteiger partial charge < -0.3 is 10.2 Å². The fourth-order valence-corrected chi connectivity index (χ4v) is 3.80. The zero-order valence-electron chi connectivity index (χ0n) is 13.3. The van der Waals surface area contributed by atoms with E-state index in [9.17, 15) is 9.59 Å². The van der Waals surface area contributed by atoms with Crippen molar-refractivity contribution in [3.05, 3.63) is 57.3 Å². The van der Waals surface area contributed by atoms with Crippen LogP contribution in [-0.4, -0.2) is 22.8 Å². The van der Waals surface area contributed by atoms with Crippen molar-refractivity contribution in [1.82, 2.24) is 10.2 Å². The van der Waals surface area contributed by atoms with Crippen LogP contribution in [-0.2, 0) is 29.1 Å². The molecule has 23 heavy (non-hydrogen) atoms. The molecule has 0 radical (unpaired) electrons. The second kappa shape index (κ2) is 6.54. The Balaban J connectivity index is 1.75. The van der Waals surface area contributed by atoms with Gasteiger partial charge in [-0.25, -0.2) is 0 Å². The summed E-state index contributed by atoms with van der Waals surface area (Å²) >= 11 is 1.64. The molecule has 2 heterocycles. The van der Waals surface area contributed by atoms with Gasteiger partial charge in [-0.3, -0.25) is 9.59 Å². The highest BCUT2D eigenvalue weighted by Crippen LogP contribution is 2.24. The number of carbonyl (C=O) groups excluding carboxylic acids is 2. The first-order valence-corrected chi connectivity index (χ1v) is 8.59. The predicted molar refractivity (Wildman–Crippen MR) is 91.1 cm³/mol. The highest BCUT2D eigenvalue weighted by Gasteiger charge is 2.32. The van der Waals surface area contributed by atoms with E-state index in [-0.39, 0.29) is 11.8 Å². The van der Waals surface area contributed by atoms with Crippen molar-refractivity contribution in [3.63, 3.8) is 0 Å². The number of rotatable bonds is 3. The van der Waals surface area contributed by atoms with E-state index in [0.717, 1.165) is 16.0 Å². The largest absolute Gasteiger partial charge is 0.349 e. The van der Waals surface area contributed by atoms with Gasteiger partial charge in [-0.2, -0.15) is 0 Å². The first-order chi connectivity index (χ1) is 11.1. The maximum atomic E-state index is 12.6. The number of carbonyl (C=O) groups is 2. The average Bonchev–Trinajstić information content (AvgIpc) is 2.96. The topological polar surface area (TPSA) is 49.4 Å². The summed E-state index contributed by atoms with van der Waals surface area (Å²) in [6.07, 6.45) is 0.574. The summed E-state index contributed by atoms with van der Waals surface area (Å²) < 4.78 is 0. The number of nitrogens with one attached hydrogen (secondary N) is 1. The van der Waals surface area contributed by atoms with Crippen LogP contribution in [0.15, 0.2) is 35.7 Å². The predicted octanol–water partition coefficient (Wildman–Crippen LogP) is 2.65. The number of thiophene rings is 1. The molecular weight excluding hydrogens is 308 g/mol. The van der Waals surface area contributed by atoms with Gasteiger partial charge in [0.2, 0.25) is 11.8 Å². The zero-order chi connectivity index (χ0) is 16.4. The SMILES string of the molecule is CC(=O)N1Cc2ccccc2C[C@H]1C(=O)NCc1sccc1C. The van der Waals surface area contributed by atoms with Crippen molar-refractivity contribution >= 4 is 23.2 Å². The molecule has 4 nitrogen and oxygen atoms in total. The van der Waals surface area contributed by atoms with E-state index < -0.39 is 6.04 Å². The molecule has 5 heteroatoms. The molecule has 0 fully saturated rings. The van der Waals surface area contributed by atoms with Crippen LogP contribution in [0.4, 0.5) is 0 Å². The number of amides is 2. The first-order valence-electron chi connectivity index (χ1n) is 7.71. The second-order valence-electron chi connectivity index (χ2n) is 5.88. The van der Waals surface area contributed by atoms with E-state index in [1.54, 1.807) is 16.2 Å². The lowest BCUT2D eigenvalue weighted by molar-refractivity contribution is -0.140. The van der Waals surface area contributed by atoms with Gasteiger partial charge in [0, 0.05) is 24.8 Å². The first kappa shape index (κ1) is 15.7. The Hall–Kier alpha value is -2.14. The van der Waals surface area contributed by atoms with Gasteiger partial charge in [-0.15, -0.1) is 11.3 Å². The molecule has 0 saturated heterocycles. The lowest BCUT2D eigenvalue weighted by atomic mass is 9.93. The fraction of sp³-hybridized carbons (Fsp3) is 0.333. The molecule has 0 bridgehead atoms. The monoisotopic (exact) mass is 328 g/mol. The van der Waals surface area contributed by atoms with E-state index in [4.69, 9.17) is 0 Å². The molecule has 1 aromatic heterocycles. The van der Waals surface area contributed by atoms with Crippen LogP contribution in [0.5, 0.6) is 0 Å². The normalized spacial score (nSPS) is 16.8. The molecule has 2 amide bonds. The van der Waals surface area contributed by atoms with E-state index >= 15 is 0 Å². The highest BCUT2D eigenvalue weighted by molar-refractivity contribution is 7.10. The summed E-state index contributed by atoms with van der Waals surface area (Å²) in [4.78, 5) is 27.4. The Labute approximate surface area is 140 Å². The van der Waals surface area contributed by atoms with Gasteiger partial charge in [0.25, 0.3) is 0 Å². The minimum Gasteiger partial charge on any atom is -0.349 e. The molecule has 2 aromatic rings. The molecule has 0 saturated carbocycles. The van der Waals surface area contributed by atoms with Crippen LogP contribution >= 0.6 is 11.3 Å². The Morgan fingerprint density at radius 1 is 1.26 bits per heavy atom. The Morgan fingerprint density at radius 2 is 2.00 bits per heavy atom. The van der Waals surface area contributed by atoms with Gasteiger partial charge >= 0.3 is 0 Å². The Bertz CT molecular complexity index is 738. The van der Waals surface area contributed by atoms with E-state index in [1.165, 1.54) is 12.5 Å². The van der Waals surface area contributed by atoms with Gasteiger partial charge in [-0.1, -0.05) is 24.3 Å². The summed E-state index contributed by atoms with van der Waals surface area (Å²) in [5.74, 6) is -0.144. The second-order valence-corrected chi connectivity index (χ2v) is 6.88. The average molecular weight is 328 g/mol. The van der Waals surface area contributed by atoms with Crippen molar-refractivity contribution in [3.8, 4) is 0 Å². The van der Waals surface area contributed by atoms with Gasteiger partial charge in [0.05, 0.1) is 6.54 Å². The standard InChI is InChI=1S/C18H20N2O2S/c1-12-7-8-23-17(12)10-19-18(22)16-9-14-5-3-4-6-15(14)11-20(16)13(2)21/h3-8,16H,9-11H2,1-2H3,(H,19,22)/t16-/m0/s1. The van der Waals surface area contributed by atoms with Crippen molar-refractivity contribution in [2.45, 2.75) is 39.4 Å². The lowest BCUT2D eigenvalue weighted by Gasteiger charge is -2.35. The lowest BCUT2D eigenvalue weighted by Crippen LogP contribution is -2.51. The smallest absolute Gasteiger partial charge is 0.243 e. The number of hydrogen-bond acceptors (Lipinski definition) is 3. The molecule has 120 valence electrons. The summed E-state index contributed by atoms with van der Waals surface area (Å²) in [7, 11) is 0. The maximum absolute atomic E-state index is 12.6. The summed E-state index contributed by atoms with van der Waals surface area (Å²) in [6, 6.07) is 9.63. The van der Waals surface area contributed by atoms with E-state index in [1.807, 2.05) is 42.6 Å². The van der Waals surface area contributed by atoms with Crippen molar-refractivity contribution in [2.24, 2.45) is 0 Å². The maximum Gasteiger partial charge on any atom is 0.243 e. The Morgan fingerprint density at radius 3 is 2.65 bits per heavy atom. The van der Waals surface area contributed by atoms with E-state index in [2.05, 4.69) is 5.32 Å². The molecule has 1 N–H and O–H groups in total. The highest BCUT2D eigenvalue weighted by atomic mass is 32.1. The number of hydrogen-bond donors (Lipinski definition) is 1. The molecule has 0 unspecified atom stereocenters. The fourth-order valence-electron chi connectivity index (χ4n) is 2.96. The summed E-state index contributed by atoms with van der Waals surface area (Å²) in [6.45, 7) is 4.59.